The van der Waals surface area contributed by atoms with E-state index in [2.05, 4.69) is 44.2 Å². The van der Waals surface area contributed by atoms with Gasteiger partial charge in [-0.15, -0.1) is 0 Å². The van der Waals surface area contributed by atoms with E-state index in [4.69, 9.17) is 4.74 Å². The van der Waals surface area contributed by atoms with Gasteiger partial charge in [0, 0.05) is 0 Å². The Balaban J connectivity index is 1.39. The Kier molecular flexibility index (Phi) is 13.5. The van der Waals surface area contributed by atoms with Gasteiger partial charge >= 0.3 is 5.97 Å². The third-order valence-electron chi connectivity index (χ3n) is 8.27. The molecule has 0 N–H and O–H groups in total. The van der Waals surface area contributed by atoms with E-state index in [0.717, 1.165) is 44.1 Å². The number of nitrogens with zero attached hydrogens (tertiary/aromatic N) is 1. The summed E-state index contributed by atoms with van der Waals surface area (Å²) in [4.78, 5) is 12.9. The third kappa shape index (κ3) is 9.94. The molecule has 3 heteroatoms. The first kappa shape index (κ1) is 29.9. The second kappa shape index (κ2) is 17.1. The van der Waals surface area contributed by atoms with Crippen LogP contribution in [-0.4, -0.2) is 5.97 Å². The number of unbranched alkanes of at least 4 members (excludes halogenated alkanes) is 9. The fraction of sp³-hybridized carbons (Fsp3) is 0.600. The van der Waals surface area contributed by atoms with Crippen LogP contribution in [0.2, 0.25) is 0 Å². The van der Waals surface area contributed by atoms with E-state index in [0.29, 0.717) is 17.2 Å². The predicted molar refractivity (Wildman–Crippen MR) is 157 cm³/mol. The number of esters is 1. The summed E-state index contributed by atoms with van der Waals surface area (Å²) in [5, 5.41) is 9.58. The second-order valence-corrected chi connectivity index (χ2v) is 11.3. The Labute approximate surface area is 232 Å². The summed E-state index contributed by atoms with van der Waals surface area (Å²) >= 11 is 0. The Morgan fingerprint density at radius 3 is 1.97 bits per heavy atom. The number of benzene rings is 2. The topological polar surface area (TPSA) is 50.1 Å². The molecule has 0 bridgehead atoms. The summed E-state index contributed by atoms with van der Waals surface area (Å²) in [6.45, 7) is 4.46. The van der Waals surface area contributed by atoms with Crippen molar-refractivity contribution in [1.82, 2.24) is 0 Å². The highest BCUT2D eigenvalue weighted by atomic mass is 16.5. The monoisotopic (exact) mass is 515 g/mol. The average Bonchev–Trinajstić information content (AvgIpc) is 2.95. The lowest BCUT2D eigenvalue weighted by molar-refractivity contribution is -0.140. The summed E-state index contributed by atoms with van der Waals surface area (Å²) < 4.78 is 5.73. The number of ether oxygens (including phenoxy) is 1. The zero-order chi connectivity index (χ0) is 27.0. The van der Waals surface area contributed by atoms with Gasteiger partial charge in [0.15, 0.2) is 0 Å². The molecule has 3 rings (SSSR count). The molecule has 0 atom stereocenters. The van der Waals surface area contributed by atoms with Gasteiger partial charge in [0.05, 0.1) is 11.5 Å². The Morgan fingerprint density at radius 1 is 0.763 bits per heavy atom. The van der Waals surface area contributed by atoms with Crippen molar-refractivity contribution in [2.45, 2.75) is 129 Å². The van der Waals surface area contributed by atoms with Gasteiger partial charge < -0.3 is 4.74 Å². The quantitative estimate of drug-likeness (QED) is 0.127. The molecule has 0 spiro atoms. The fourth-order valence-electron chi connectivity index (χ4n) is 5.76. The van der Waals surface area contributed by atoms with E-state index in [1.807, 2.05) is 12.1 Å². The summed E-state index contributed by atoms with van der Waals surface area (Å²) in [6.07, 6.45) is 20.2. The van der Waals surface area contributed by atoms with E-state index in [-0.39, 0.29) is 11.9 Å². The van der Waals surface area contributed by atoms with E-state index >= 15 is 0 Å². The van der Waals surface area contributed by atoms with Gasteiger partial charge in [-0.05, 0) is 86.1 Å². The van der Waals surface area contributed by atoms with Crippen molar-refractivity contribution >= 4 is 5.97 Å². The summed E-state index contributed by atoms with van der Waals surface area (Å²) in [7, 11) is 0. The molecule has 0 aromatic heterocycles. The summed E-state index contributed by atoms with van der Waals surface area (Å²) in [5.41, 5.74) is 4.45. The minimum atomic E-state index is -0.181. The molecule has 2 aromatic carbocycles. The molecule has 3 nitrogen and oxygen atoms in total. The van der Waals surface area contributed by atoms with Crippen LogP contribution in [0.25, 0.3) is 0 Å². The lowest BCUT2D eigenvalue weighted by Crippen LogP contribution is -2.25. The van der Waals surface area contributed by atoms with Gasteiger partial charge in [0.1, 0.15) is 11.8 Å². The molecule has 1 fully saturated rings. The van der Waals surface area contributed by atoms with Gasteiger partial charge in [-0.25, -0.2) is 0 Å². The van der Waals surface area contributed by atoms with Crippen molar-refractivity contribution in [3.63, 3.8) is 0 Å². The van der Waals surface area contributed by atoms with Crippen LogP contribution in [0.5, 0.6) is 5.75 Å². The average molecular weight is 516 g/mol. The van der Waals surface area contributed by atoms with Crippen molar-refractivity contribution in [2.75, 3.05) is 0 Å². The number of carbonyl (C=O) groups excluding carboxylic acids is 1. The van der Waals surface area contributed by atoms with Crippen LogP contribution in [0, 0.1) is 17.2 Å². The second-order valence-electron chi connectivity index (χ2n) is 11.3. The number of aryl methyl sites for hydroxylation is 2. The highest BCUT2D eigenvalue weighted by Gasteiger charge is 2.29. The fourth-order valence-corrected chi connectivity index (χ4v) is 5.76. The number of hydrogen-bond acceptors (Lipinski definition) is 3. The SMILES string of the molecule is CCCCCCCCCCc1ccc(C2CCC(C(=O)Oc3ccc(CCCCC)cc3C#N)CC2)cc1. The molecule has 2 aromatic rings. The lowest BCUT2D eigenvalue weighted by Gasteiger charge is -2.27. The molecule has 0 heterocycles. The van der Waals surface area contributed by atoms with E-state index in [1.165, 1.54) is 81.8 Å². The molecule has 1 aliphatic rings. The van der Waals surface area contributed by atoms with Crippen molar-refractivity contribution in [3.05, 3.63) is 64.7 Å². The van der Waals surface area contributed by atoms with Crippen LogP contribution in [0.4, 0.5) is 0 Å². The number of nitriles is 1. The standard InChI is InChI=1S/C35H49NO2/c1-3-5-7-8-9-10-11-13-14-28-16-19-30(20-17-28)31-21-23-32(24-22-31)35(37)38-34-25-18-29(15-12-6-4-2)26-33(34)27-36/h16-20,25-26,31-32H,3-15,21-24H2,1-2H3. The van der Waals surface area contributed by atoms with Crippen molar-refractivity contribution in [3.8, 4) is 11.8 Å². The molecule has 0 radical (unpaired) electrons. The zero-order valence-corrected chi connectivity index (χ0v) is 24.0. The van der Waals surface area contributed by atoms with Crippen LogP contribution in [0.15, 0.2) is 42.5 Å². The van der Waals surface area contributed by atoms with E-state index < -0.39 is 0 Å². The van der Waals surface area contributed by atoms with Crippen molar-refractivity contribution in [1.29, 1.82) is 5.26 Å². The molecular formula is C35H49NO2. The molecule has 1 saturated carbocycles. The predicted octanol–water partition coefficient (Wildman–Crippen LogP) is 9.85. The smallest absolute Gasteiger partial charge is 0.314 e. The van der Waals surface area contributed by atoms with Gasteiger partial charge in [-0.3, -0.25) is 4.79 Å². The van der Waals surface area contributed by atoms with Crippen molar-refractivity contribution < 1.29 is 9.53 Å². The number of rotatable bonds is 16. The molecular weight excluding hydrogens is 466 g/mol. The lowest BCUT2D eigenvalue weighted by atomic mass is 9.78. The van der Waals surface area contributed by atoms with Crippen LogP contribution in [0.1, 0.15) is 138 Å². The van der Waals surface area contributed by atoms with Crippen molar-refractivity contribution in [2.24, 2.45) is 5.92 Å². The molecule has 0 saturated heterocycles. The third-order valence-corrected chi connectivity index (χ3v) is 8.27. The summed E-state index contributed by atoms with van der Waals surface area (Å²) in [6, 6.07) is 17.1. The van der Waals surface area contributed by atoms with Crippen LogP contribution in [0.3, 0.4) is 0 Å². The number of hydrogen-bond donors (Lipinski definition) is 0. The van der Waals surface area contributed by atoms with Gasteiger partial charge in [-0.2, -0.15) is 5.26 Å². The van der Waals surface area contributed by atoms with Gasteiger partial charge in [-0.1, -0.05) is 102 Å². The van der Waals surface area contributed by atoms with E-state index in [1.54, 1.807) is 6.07 Å². The van der Waals surface area contributed by atoms with E-state index in [9.17, 15) is 10.1 Å². The highest BCUT2D eigenvalue weighted by Crippen LogP contribution is 2.37. The molecule has 0 amide bonds. The maximum absolute atomic E-state index is 12.9. The Bertz CT molecular complexity index is 996. The maximum atomic E-state index is 12.9. The maximum Gasteiger partial charge on any atom is 0.314 e. The van der Waals surface area contributed by atoms with Crippen LogP contribution in [-0.2, 0) is 17.6 Å². The minimum absolute atomic E-state index is 0.0803. The highest BCUT2D eigenvalue weighted by molar-refractivity contribution is 5.76. The molecule has 1 aliphatic carbocycles. The largest absolute Gasteiger partial charge is 0.425 e. The Morgan fingerprint density at radius 2 is 1.32 bits per heavy atom. The molecule has 38 heavy (non-hydrogen) atoms. The molecule has 206 valence electrons. The normalized spacial score (nSPS) is 17.2. The van der Waals surface area contributed by atoms with Gasteiger partial charge in [0.25, 0.3) is 0 Å². The van der Waals surface area contributed by atoms with Crippen LogP contribution < -0.4 is 4.74 Å². The summed E-state index contributed by atoms with van der Waals surface area (Å²) in [5.74, 6) is 0.668. The van der Waals surface area contributed by atoms with Gasteiger partial charge in [0.2, 0.25) is 0 Å². The number of carbonyl (C=O) groups is 1. The minimum Gasteiger partial charge on any atom is -0.425 e. The first-order valence-electron chi connectivity index (χ1n) is 15.5. The van der Waals surface area contributed by atoms with Crippen LogP contribution >= 0.6 is 0 Å². The molecule has 0 unspecified atom stereocenters. The molecule has 0 aliphatic heterocycles. The first-order chi connectivity index (χ1) is 18.6. The zero-order valence-electron chi connectivity index (χ0n) is 24.0. The first-order valence-corrected chi connectivity index (χ1v) is 15.5. The Hall–Kier alpha value is -2.60.